The molecule has 2 atom stereocenters. The fourth-order valence-electron chi connectivity index (χ4n) is 4.36. The highest BCUT2D eigenvalue weighted by molar-refractivity contribution is 6.31. The Bertz CT molecular complexity index is 2030. The van der Waals surface area contributed by atoms with E-state index in [4.69, 9.17) is 34.7 Å². The number of aliphatic hydroxyl groups is 2. The van der Waals surface area contributed by atoms with Crippen molar-refractivity contribution in [3.05, 3.63) is 114 Å². The van der Waals surface area contributed by atoms with Gasteiger partial charge in [0.05, 0.1) is 22.1 Å². The minimum atomic E-state index is -1.64. The number of carbonyl (C=O) groups is 2. The molecule has 0 spiro atoms. The number of hydrazone groups is 2. The van der Waals surface area contributed by atoms with Crippen LogP contribution in [-0.4, -0.2) is 53.6 Å². The van der Waals surface area contributed by atoms with Gasteiger partial charge in [-0.2, -0.15) is 10.2 Å². The number of halogens is 2. The number of primary amides is 2. The van der Waals surface area contributed by atoms with Gasteiger partial charge in [-0.25, -0.2) is 30.4 Å². The maximum atomic E-state index is 12.9. The van der Waals surface area contributed by atoms with Crippen LogP contribution in [0.25, 0.3) is 22.1 Å². The predicted octanol–water partition coefficient (Wildman–Crippen LogP) is 1.68. The Morgan fingerprint density at radius 1 is 0.696 bits per heavy atom. The molecule has 18 heteroatoms. The molecule has 5 aromatic rings. The van der Waals surface area contributed by atoms with Gasteiger partial charge >= 0.3 is 12.1 Å². The molecule has 0 unspecified atom stereocenters. The summed E-state index contributed by atoms with van der Waals surface area (Å²) in [6.45, 7) is 0. The van der Waals surface area contributed by atoms with E-state index in [0.29, 0.717) is 32.1 Å². The summed E-state index contributed by atoms with van der Waals surface area (Å²) in [7, 11) is 0. The van der Waals surface area contributed by atoms with Crippen molar-refractivity contribution in [2.45, 2.75) is 12.2 Å². The Kier molecular flexibility index (Phi) is 9.06. The minimum absolute atomic E-state index is 0.144. The van der Waals surface area contributed by atoms with Crippen LogP contribution < -0.4 is 33.4 Å². The standard InChI is InChI=1S/C28H22Cl2N10O6/c29-13-5-7-15-17(9-13)35-25(43)21(33-15)19(37-39-27(31)45)23(41)11-1-2-12(4-3-11)24(42)20(38-40-28(32)46)22-26(44)36-18-10-14(30)6-8-16(18)34-22/h1-10,23-24,41-42H,(H,35,43)(H,36,44)(H3,31,39,45)(H3,32,40,46)/b37-19-,38-20+/t23-,24+/m1/s1. The number of nitrogens with two attached hydrogens (primary N) is 2. The summed E-state index contributed by atoms with van der Waals surface area (Å²) in [6.07, 6.45) is -3.28. The van der Waals surface area contributed by atoms with Gasteiger partial charge in [-0.3, -0.25) is 9.59 Å². The first-order valence-corrected chi connectivity index (χ1v) is 13.8. The lowest BCUT2D eigenvalue weighted by atomic mass is 9.97. The number of benzene rings is 3. The fourth-order valence-corrected chi connectivity index (χ4v) is 4.70. The quantitative estimate of drug-likeness (QED) is 0.0890. The molecule has 0 saturated heterocycles. The maximum Gasteiger partial charge on any atom is 0.332 e. The summed E-state index contributed by atoms with van der Waals surface area (Å²) in [6, 6.07) is 12.5. The van der Waals surface area contributed by atoms with Crippen LogP contribution in [0.5, 0.6) is 0 Å². The van der Waals surface area contributed by atoms with Crippen molar-refractivity contribution in [2.24, 2.45) is 21.7 Å². The van der Waals surface area contributed by atoms with Crippen LogP contribution in [0.15, 0.2) is 80.5 Å². The molecular formula is C28H22Cl2N10O6. The molecule has 2 heterocycles. The minimum Gasteiger partial charge on any atom is -0.382 e. The first kappa shape index (κ1) is 31.7. The Morgan fingerprint density at radius 2 is 1.07 bits per heavy atom. The molecule has 16 nitrogen and oxygen atoms in total. The molecule has 0 fully saturated rings. The zero-order valence-electron chi connectivity index (χ0n) is 23.2. The third-order valence-corrected chi connectivity index (χ3v) is 6.92. The molecule has 234 valence electrons. The number of aromatic nitrogens is 4. The molecule has 10 N–H and O–H groups in total. The number of nitrogens with one attached hydrogen (secondary N) is 4. The average molecular weight is 665 g/mol. The molecule has 2 aromatic heterocycles. The van der Waals surface area contributed by atoms with Gasteiger partial charge in [-0.05, 0) is 47.5 Å². The highest BCUT2D eigenvalue weighted by Gasteiger charge is 2.26. The zero-order chi connectivity index (χ0) is 33.1. The maximum absolute atomic E-state index is 12.9. The van der Waals surface area contributed by atoms with E-state index in [1.807, 2.05) is 10.9 Å². The van der Waals surface area contributed by atoms with Gasteiger partial charge in [0.15, 0.2) is 11.4 Å². The van der Waals surface area contributed by atoms with Crippen molar-refractivity contribution in [1.29, 1.82) is 0 Å². The van der Waals surface area contributed by atoms with Crippen molar-refractivity contribution >= 4 is 68.8 Å². The lowest BCUT2D eigenvalue weighted by Crippen LogP contribution is -2.31. The second-order valence-corrected chi connectivity index (χ2v) is 10.4. The number of urea groups is 2. The molecule has 3 aromatic carbocycles. The van der Waals surface area contributed by atoms with Gasteiger partial charge in [0.1, 0.15) is 23.6 Å². The second kappa shape index (κ2) is 13.1. The summed E-state index contributed by atoms with van der Waals surface area (Å²) >= 11 is 12.0. The van der Waals surface area contributed by atoms with Crippen LogP contribution in [0.3, 0.4) is 0 Å². The van der Waals surface area contributed by atoms with E-state index in [-0.39, 0.29) is 33.9 Å². The smallest absolute Gasteiger partial charge is 0.332 e. The number of fused-ring (bicyclic) bond motifs is 2. The van der Waals surface area contributed by atoms with Crippen molar-refractivity contribution in [3.8, 4) is 0 Å². The average Bonchev–Trinajstić information content (AvgIpc) is 3.01. The highest BCUT2D eigenvalue weighted by atomic mass is 35.5. The van der Waals surface area contributed by atoms with Crippen LogP contribution in [0.4, 0.5) is 9.59 Å². The van der Waals surface area contributed by atoms with Gasteiger partial charge in [0.2, 0.25) is 0 Å². The fraction of sp³-hybridized carbons (Fsp3) is 0.0714. The molecule has 0 bridgehead atoms. The number of rotatable bonds is 8. The largest absolute Gasteiger partial charge is 0.382 e. The summed E-state index contributed by atoms with van der Waals surface area (Å²) < 4.78 is 0. The Labute approximate surface area is 266 Å². The number of amides is 4. The van der Waals surface area contributed by atoms with Gasteiger partial charge in [0, 0.05) is 10.0 Å². The number of aromatic amines is 2. The summed E-state index contributed by atoms with van der Waals surface area (Å²) in [4.78, 5) is 62.5. The third kappa shape index (κ3) is 6.84. The van der Waals surface area contributed by atoms with Gasteiger partial charge in [-0.1, -0.05) is 47.5 Å². The van der Waals surface area contributed by atoms with Crippen LogP contribution >= 0.6 is 23.2 Å². The number of H-pyrrole nitrogens is 2. The predicted molar refractivity (Wildman–Crippen MR) is 170 cm³/mol. The number of hydrogen-bond acceptors (Lipinski definition) is 10. The van der Waals surface area contributed by atoms with Crippen LogP contribution in [-0.2, 0) is 0 Å². The van der Waals surface area contributed by atoms with Crippen LogP contribution in [0, 0.1) is 0 Å². The van der Waals surface area contributed by atoms with E-state index < -0.39 is 35.4 Å². The van der Waals surface area contributed by atoms with Crippen LogP contribution in [0.1, 0.15) is 34.7 Å². The molecule has 0 saturated carbocycles. The lowest BCUT2D eigenvalue weighted by Gasteiger charge is -2.17. The van der Waals surface area contributed by atoms with Crippen molar-refractivity contribution in [3.63, 3.8) is 0 Å². The Hall–Kier alpha value is -5.68. The van der Waals surface area contributed by atoms with Gasteiger partial charge in [-0.15, -0.1) is 0 Å². The normalized spacial score (nSPS) is 13.4. The summed E-state index contributed by atoms with van der Waals surface area (Å²) in [5, 5.41) is 30.9. The SMILES string of the molecule is NC(=O)N/N=C(/c1nc2ccc(Cl)cc2[nH]c1=O)[C@H](O)c1ccc([C@H](O)/C(=N/NC(N)=O)c2nc3ccc(Cl)cc3[nH]c2=O)cc1. The topological polar surface area (TPSA) is 267 Å². The monoisotopic (exact) mass is 664 g/mol. The molecular weight excluding hydrogens is 643 g/mol. The third-order valence-electron chi connectivity index (χ3n) is 6.45. The van der Waals surface area contributed by atoms with Crippen molar-refractivity contribution in [1.82, 2.24) is 30.8 Å². The van der Waals surface area contributed by atoms with Gasteiger partial charge in [0.25, 0.3) is 11.1 Å². The first-order valence-electron chi connectivity index (χ1n) is 13.0. The molecule has 4 amide bonds. The van der Waals surface area contributed by atoms with Crippen LogP contribution in [0.2, 0.25) is 10.0 Å². The number of hydrogen-bond donors (Lipinski definition) is 8. The zero-order valence-corrected chi connectivity index (χ0v) is 24.7. The molecule has 0 radical (unpaired) electrons. The number of carbonyl (C=O) groups excluding carboxylic acids is 2. The molecule has 46 heavy (non-hydrogen) atoms. The molecule has 0 aliphatic carbocycles. The Balaban J connectivity index is 1.51. The molecule has 0 aliphatic rings. The second-order valence-electron chi connectivity index (χ2n) is 9.57. The highest BCUT2D eigenvalue weighted by Crippen LogP contribution is 2.24. The van der Waals surface area contributed by atoms with E-state index in [2.05, 4.69) is 30.1 Å². The van der Waals surface area contributed by atoms with E-state index in [1.165, 1.54) is 48.5 Å². The van der Waals surface area contributed by atoms with Crippen molar-refractivity contribution < 1.29 is 19.8 Å². The van der Waals surface area contributed by atoms with Gasteiger partial charge < -0.3 is 31.6 Å². The molecule has 5 rings (SSSR count). The van der Waals surface area contributed by atoms with E-state index in [1.54, 1.807) is 12.1 Å². The first-order chi connectivity index (χ1) is 21.9. The number of aliphatic hydroxyl groups excluding tert-OH is 2. The summed E-state index contributed by atoms with van der Waals surface area (Å²) in [5.41, 5.74) is 13.0. The lowest BCUT2D eigenvalue weighted by molar-refractivity contribution is 0.240. The van der Waals surface area contributed by atoms with Crippen molar-refractivity contribution in [2.75, 3.05) is 0 Å². The van der Waals surface area contributed by atoms with E-state index in [9.17, 15) is 29.4 Å². The molecule has 0 aliphatic heterocycles. The number of nitrogens with zero attached hydrogens (tertiary/aromatic N) is 4. The summed E-state index contributed by atoms with van der Waals surface area (Å²) in [5.74, 6) is 0. The van der Waals surface area contributed by atoms with E-state index in [0.717, 1.165) is 0 Å². The Morgan fingerprint density at radius 3 is 1.41 bits per heavy atom. The van der Waals surface area contributed by atoms with E-state index >= 15 is 0 Å².